The van der Waals surface area contributed by atoms with Crippen molar-refractivity contribution in [3.05, 3.63) is 28.8 Å². The third-order valence-electron chi connectivity index (χ3n) is 3.80. The molecule has 0 aliphatic carbocycles. The molecule has 1 amide bonds. The molecule has 122 valence electrons. The lowest BCUT2D eigenvalue weighted by atomic mass is 9.85. The van der Waals surface area contributed by atoms with Crippen molar-refractivity contribution in [2.45, 2.75) is 45.6 Å². The smallest absolute Gasteiger partial charge is 0.410 e. The van der Waals surface area contributed by atoms with Crippen molar-refractivity contribution in [3.8, 4) is 0 Å². The Labute approximate surface area is 137 Å². The van der Waals surface area contributed by atoms with Gasteiger partial charge in [-0.3, -0.25) is 0 Å². The zero-order valence-electron chi connectivity index (χ0n) is 13.7. The fourth-order valence-electron chi connectivity index (χ4n) is 2.88. The third kappa shape index (κ3) is 4.29. The summed E-state index contributed by atoms with van der Waals surface area (Å²) < 4.78 is 5.49. The minimum atomic E-state index is -0.474. The standard InChI is InChI=1S/C17H25ClN2O2/c1-11-7-13(12-5-6-14(18)15(19)8-12)10-20(9-11)16(21)22-17(2,3)4/h5-6,8,11,13H,7,9-10,19H2,1-4H3/t11-,13?/m1/s1. The largest absolute Gasteiger partial charge is 0.444 e. The molecule has 1 aliphatic rings. The van der Waals surface area contributed by atoms with Crippen LogP contribution in [0.5, 0.6) is 0 Å². The molecule has 1 heterocycles. The van der Waals surface area contributed by atoms with Gasteiger partial charge in [0.25, 0.3) is 0 Å². The fraction of sp³-hybridized carbons (Fsp3) is 0.588. The Morgan fingerprint density at radius 2 is 2.05 bits per heavy atom. The highest BCUT2D eigenvalue weighted by molar-refractivity contribution is 6.33. The molecule has 1 unspecified atom stereocenters. The van der Waals surface area contributed by atoms with E-state index in [9.17, 15) is 4.79 Å². The van der Waals surface area contributed by atoms with E-state index in [0.717, 1.165) is 18.5 Å². The van der Waals surface area contributed by atoms with Gasteiger partial charge in [0, 0.05) is 19.0 Å². The molecule has 2 N–H and O–H groups in total. The minimum absolute atomic E-state index is 0.244. The van der Waals surface area contributed by atoms with Crippen LogP contribution < -0.4 is 5.73 Å². The second-order valence-corrected chi connectivity index (χ2v) is 7.61. The number of halogens is 1. The first kappa shape index (κ1) is 16.9. The van der Waals surface area contributed by atoms with Gasteiger partial charge in [-0.15, -0.1) is 0 Å². The van der Waals surface area contributed by atoms with Gasteiger partial charge >= 0.3 is 6.09 Å². The molecule has 2 rings (SSSR count). The normalized spacial score (nSPS) is 22.5. The number of ether oxygens (including phenoxy) is 1. The summed E-state index contributed by atoms with van der Waals surface area (Å²) in [6, 6.07) is 5.73. The monoisotopic (exact) mass is 324 g/mol. The second kappa shape index (κ2) is 6.37. The maximum atomic E-state index is 12.3. The van der Waals surface area contributed by atoms with Gasteiger partial charge in [-0.25, -0.2) is 4.79 Å². The summed E-state index contributed by atoms with van der Waals surface area (Å²) in [5.74, 6) is 0.680. The van der Waals surface area contributed by atoms with E-state index in [1.54, 1.807) is 4.90 Å². The predicted octanol–water partition coefficient (Wildman–Crippen LogP) is 4.28. The number of nitrogens with two attached hydrogens (primary N) is 1. The minimum Gasteiger partial charge on any atom is -0.444 e. The van der Waals surface area contributed by atoms with Crippen molar-refractivity contribution in [2.75, 3.05) is 18.8 Å². The lowest BCUT2D eigenvalue weighted by molar-refractivity contribution is 0.0151. The van der Waals surface area contributed by atoms with E-state index in [1.165, 1.54) is 0 Å². The van der Waals surface area contributed by atoms with Crippen molar-refractivity contribution < 1.29 is 9.53 Å². The Kier molecular flexibility index (Phi) is 4.90. The molecule has 0 saturated carbocycles. The Morgan fingerprint density at radius 3 is 2.64 bits per heavy atom. The molecule has 0 spiro atoms. The van der Waals surface area contributed by atoms with Gasteiger partial charge in [-0.2, -0.15) is 0 Å². The van der Waals surface area contributed by atoms with Gasteiger partial charge in [-0.1, -0.05) is 24.6 Å². The van der Waals surface area contributed by atoms with Crippen LogP contribution in [-0.2, 0) is 4.74 Å². The van der Waals surface area contributed by atoms with Crippen LogP contribution in [-0.4, -0.2) is 29.7 Å². The lowest BCUT2D eigenvalue weighted by Crippen LogP contribution is -2.44. The van der Waals surface area contributed by atoms with Crippen LogP contribution in [0.1, 0.15) is 45.6 Å². The zero-order valence-corrected chi connectivity index (χ0v) is 14.5. The first-order valence-corrected chi connectivity index (χ1v) is 8.06. The number of anilines is 1. The molecule has 1 aliphatic heterocycles. The first-order valence-electron chi connectivity index (χ1n) is 7.68. The van der Waals surface area contributed by atoms with Crippen molar-refractivity contribution in [2.24, 2.45) is 5.92 Å². The van der Waals surface area contributed by atoms with Crippen LogP contribution in [0.2, 0.25) is 5.02 Å². The van der Waals surface area contributed by atoms with Gasteiger partial charge in [0.15, 0.2) is 0 Å². The highest BCUT2D eigenvalue weighted by Gasteiger charge is 2.31. The Bertz CT molecular complexity index is 554. The van der Waals surface area contributed by atoms with Crippen LogP contribution in [0, 0.1) is 5.92 Å². The number of carbonyl (C=O) groups excluding carboxylic acids is 1. The van der Waals surface area contributed by atoms with E-state index in [2.05, 4.69) is 6.92 Å². The molecular weight excluding hydrogens is 300 g/mol. The van der Waals surface area contributed by atoms with Crippen LogP contribution in [0.4, 0.5) is 10.5 Å². The van der Waals surface area contributed by atoms with Crippen LogP contribution >= 0.6 is 11.6 Å². The SMILES string of the molecule is C[C@@H]1CC(c2ccc(Cl)c(N)c2)CN(C(=O)OC(C)(C)C)C1. The summed E-state index contributed by atoms with van der Waals surface area (Å²) >= 11 is 5.99. The summed E-state index contributed by atoms with van der Waals surface area (Å²) in [5, 5.41) is 0.566. The van der Waals surface area contributed by atoms with Gasteiger partial charge in [0.1, 0.15) is 5.60 Å². The van der Waals surface area contributed by atoms with E-state index in [1.807, 2.05) is 39.0 Å². The van der Waals surface area contributed by atoms with Crippen LogP contribution in [0.15, 0.2) is 18.2 Å². The summed E-state index contributed by atoms with van der Waals surface area (Å²) in [6.07, 6.45) is 0.784. The molecule has 0 radical (unpaired) electrons. The summed E-state index contributed by atoms with van der Waals surface area (Å²) in [7, 11) is 0. The number of nitrogen functional groups attached to an aromatic ring is 1. The predicted molar refractivity (Wildman–Crippen MR) is 90.2 cm³/mol. The number of hydrogen-bond acceptors (Lipinski definition) is 3. The number of nitrogens with zero attached hydrogens (tertiary/aromatic N) is 1. The molecule has 4 nitrogen and oxygen atoms in total. The molecule has 1 fully saturated rings. The number of rotatable bonds is 1. The Hall–Kier alpha value is -1.42. The number of hydrogen-bond donors (Lipinski definition) is 1. The zero-order chi connectivity index (χ0) is 16.5. The molecule has 1 aromatic rings. The van der Waals surface area contributed by atoms with Crippen molar-refractivity contribution >= 4 is 23.4 Å². The molecule has 22 heavy (non-hydrogen) atoms. The third-order valence-corrected chi connectivity index (χ3v) is 4.15. The highest BCUT2D eigenvalue weighted by Crippen LogP contribution is 2.33. The highest BCUT2D eigenvalue weighted by atomic mass is 35.5. The number of piperidine rings is 1. The Balaban J connectivity index is 2.13. The van der Waals surface area contributed by atoms with Gasteiger partial charge in [0.05, 0.1) is 10.7 Å². The van der Waals surface area contributed by atoms with Gasteiger partial charge in [0.2, 0.25) is 0 Å². The number of amides is 1. The van der Waals surface area contributed by atoms with Gasteiger partial charge < -0.3 is 15.4 Å². The van der Waals surface area contributed by atoms with Crippen molar-refractivity contribution in [1.29, 1.82) is 0 Å². The molecule has 1 saturated heterocycles. The summed E-state index contributed by atoms with van der Waals surface area (Å²) in [6.45, 7) is 9.19. The molecule has 2 atom stereocenters. The van der Waals surface area contributed by atoms with E-state index >= 15 is 0 Å². The number of carbonyl (C=O) groups is 1. The number of benzene rings is 1. The summed E-state index contributed by atoms with van der Waals surface area (Å²) in [5.41, 5.74) is 7.14. The van der Waals surface area contributed by atoms with E-state index in [0.29, 0.717) is 23.2 Å². The molecular formula is C17H25ClN2O2. The summed E-state index contributed by atoms with van der Waals surface area (Å²) in [4.78, 5) is 14.1. The van der Waals surface area contributed by atoms with E-state index in [4.69, 9.17) is 22.1 Å². The van der Waals surface area contributed by atoms with Gasteiger partial charge in [-0.05, 0) is 50.8 Å². The Morgan fingerprint density at radius 1 is 1.36 bits per heavy atom. The lowest BCUT2D eigenvalue weighted by Gasteiger charge is -2.37. The molecule has 0 aromatic heterocycles. The van der Waals surface area contributed by atoms with Crippen LogP contribution in [0.25, 0.3) is 0 Å². The van der Waals surface area contributed by atoms with E-state index in [-0.39, 0.29) is 12.0 Å². The quantitative estimate of drug-likeness (QED) is 0.784. The first-order chi connectivity index (χ1) is 10.2. The molecule has 0 bridgehead atoms. The second-order valence-electron chi connectivity index (χ2n) is 7.20. The van der Waals surface area contributed by atoms with E-state index < -0.39 is 5.60 Å². The van der Waals surface area contributed by atoms with Crippen LogP contribution in [0.3, 0.4) is 0 Å². The maximum Gasteiger partial charge on any atom is 0.410 e. The molecule has 1 aromatic carbocycles. The average molecular weight is 325 g/mol. The number of likely N-dealkylation sites (tertiary alicyclic amines) is 1. The van der Waals surface area contributed by atoms with Crippen molar-refractivity contribution in [3.63, 3.8) is 0 Å². The maximum absolute atomic E-state index is 12.3. The molecule has 5 heteroatoms. The van der Waals surface area contributed by atoms with Crippen molar-refractivity contribution in [1.82, 2.24) is 4.90 Å². The topological polar surface area (TPSA) is 55.6 Å². The fourth-order valence-corrected chi connectivity index (χ4v) is 3.00. The average Bonchev–Trinajstić information content (AvgIpc) is 2.39.